The number of carboxylic acids is 1. The first-order chi connectivity index (χ1) is 8.61. The van der Waals surface area contributed by atoms with Crippen molar-refractivity contribution in [1.82, 2.24) is 5.32 Å². The van der Waals surface area contributed by atoms with Gasteiger partial charge in [0.05, 0.1) is 5.41 Å². The molecule has 0 aromatic carbocycles. The molecule has 3 atom stereocenters. The lowest BCUT2D eigenvalue weighted by atomic mass is 9.76. The number of rotatable bonds is 8. The number of carbonyl (C=O) groups is 2. The summed E-state index contributed by atoms with van der Waals surface area (Å²) in [7, 11) is -0.904. The first-order valence-electron chi connectivity index (χ1n) is 6.43. The third-order valence-corrected chi connectivity index (χ3v) is 5.10. The second kappa shape index (κ2) is 7.62. The first-order valence-corrected chi connectivity index (χ1v) is 8.05. The van der Waals surface area contributed by atoms with Gasteiger partial charge < -0.3 is 10.4 Å². The van der Waals surface area contributed by atoms with Gasteiger partial charge >= 0.3 is 5.97 Å². The molecule has 19 heavy (non-hydrogen) atoms. The van der Waals surface area contributed by atoms with Gasteiger partial charge in [0.1, 0.15) is 0 Å². The van der Waals surface area contributed by atoms with Crippen LogP contribution in [0.3, 0.4) is 0 Å². The van der Waals surface area contributed by atoms with Gasteiger partial charge in [-0.1, -0.05) is 20.8 Å². The Morgan fingerprint density at radius 1 is 1.32 bits per heavy atom. The Bertz CT molecular complexity index is 357. The molecule has 0 radical (unpaired) electrons. The van der Waals surface area contributed by atoms with Gasteiger partial charge in [-0.2, -0.15) is 0 Å². The summed E-state index contributed by atoms with van der Waals surface area (Å²) in [6, 6.07) is 0. The van der Waals surface area contributed by atoms with Crippen molar-refractivity contribution < 1.29 is 18.9 Å². The lowest BCUT2D eigenvalue weighted by Crippen LogP contribution is -2.39. The predicted octanol–water partition coefficient (Wildman–Crippen LogP) is 1.40. The van der Waals surface area contributed by atoms with Gasteiger partial charge in [-0.05, 0) is 19.3 Å². The van der Waals surface area contributed by atoms with Crippen LogP contribution in [0.25, 0.3) is 0 Å². The average molecular weight is 291 g/mol. The van der Waals surface area contributed by atoms with Crippen LogP contribution in [0.2, 0.25) is 0 Å². The van der Waals surface area contributed by atoms with E-state index in [1.165, 1.54) is 0 Å². The molecule has 6 heteroatoms. The smallest absolute Gasteiger partial charge is 0.310 e. The van der Waals surface area contributed by atoms with E-state index in [4.69, 9.17) is 0 Å². The van der Waals surface area contributed by atoms with Crippen LogP contribution in [0.1, 0.15) is 40.5 Å². The van der Waals surface area contributed by atoms with E-state index in [-0.39, 0.29) is 23.5 Å². The van der Waals surface area contributed by atoms with Crippen molar-refractivity contribution in [2.45, 2.75) is 45.8 Å². The molecule has 0 rings (SSSR count). The van der Waals surface area contributed by atoms with E-state index in [0.717, 1.165) is 0 Å². The monoisotopic (exact) mass is 291 g/mol. The topological polar surface area (TPSA) is 83.5 Å². The highest BCUT2D eigenvalue weighted by atomic mass is 32.2. The fraction of sp³-hybridized carbons (Fsp3) is 0.846. The SMILES string of the molecule is CC(CCNC(=O)CC(C)(C(=O)O)C(C)C)S(C)=O. The zero-order valence-electron chi connectivity index (χ0n) is 12.4. The molecule has 0 aromatic heterocycles. The van der Waals surface area contributed by atoms with Crippen molar-refractivity contribution in [2.75, 3.05) is 12.8 Å². The number of nitrogens with one attached hydrogen (secondary N) is 1. The Kier molecular flexibility index (Phi) is 7.26. The summed E-state index contributed by atoms with van der Waals surface area (Å²) in [5, 5.41) is 11.9. The van der Waals surface area contributed by atoms with E-state index in [1.54, 1.807) is 27.0 Å². The van der Waals surface area contributed by atoms with Gasteiger partial charge in [-0.15, -0.1) is 0 Å². The molecule has 0 spiro atoms. The summed E-state index contributed by atoms with van der Waals surface area (Å²) in [4.78, 5) is 23.0. The van der Waals surface area contributed by atoms with Gasteiger partial charge in [0.15, 0.2) is 0 Å². The third kappa shape index (κ3) is 5.72. The summed E-state index contributed by atoms with van der Waals surface area (Å²) in [6.45, 7) is 7.46. The van der Waals surface area contributed by atoms with E-state index in [1.807, 2.05) is 6.92 Å². The maximum Gasteiger partial charge on any atom is 0.310 e. The van der Waals surface area contributed by atoms with Crippen molar-refractivity contribution in [3.63, 3.8) is 0 Å². The van der Waals surface area contributed by atoms with Crippen LogP contribution >= 0.6 is 0 Å². The molecule has 0 aliphatic rings. The number of hydrogen-bond donors (Lipinski definition) is 2. The first kappa shape index (κ1) is 18.1. The van der Waals surface area contributed by atoms with Crippen LogP contribution in [0, 0.1) is 11.3 Å². The van der Waals surface area contributed by atoms with Gasteiger partial charge in [-0.3, -0.25) is 13.8 Å². The van der Waals surface area contributed by atoms with Crippen molar-refractivity contribution in [2.24, 2.45) is 11.3 Å². The molecule has 0 aliphatic heterocycles. The Hall–Kier alpha value is -0.910. The lowest BCUT2D eigenvalue weighted by Gasteiger charge is -2.28. The normalized spacial score (nSPS) is 17.6. The highest BCUT2D eigenvalue weighted by Gasteiger charge is 2.38. The number of hydrogen-bond acceptors (Lipinski definition) is 3. The molecule has 2 N–H and O–H groups in total. The highest BCUT2D eigenvalue weighted by Crippen LogP contribution is 2.31. The van der Waals surface area contributed by atoms with Crippen molar-refractivity contribution in [3.8, 4) is 0 Å². The molecule has 0 fully saturated rings. The molecule has 0 aromatic rings. The molecule has 1 amide bonds. The molecule has 112 valence electrons. The fourth-order valence-corrected chi connectivity index (χ4v) is 1.95. The van der Waals surface area contributed by atoms with E-state index >= 15 is 0 Å². The Morgan fingerprint density at radius 3 is 2.21 bits per heavy atom. The quantitative estimate of drug-likeness (QED) is 0.708. The Labute approximate surface area is 117 Å². The van der Waals surface area contributed by atoms with Crippen molar-refractivity contribution >= 4 is 22.7 Å². The minimum absolute atomic E-state index is 0.0243. The average Bonchev–Trinajstić information content (AvgIpc) is 2.27. The van der Waals surface area contributed by atoms with Gasteiger partial charge in [0, 0.05) is 35.3 Å². The molecule has 0 saturated heterocycles. The second-order valence-corrected chi connectivity index (χ2v) is 7.30. The molecular formula is C13H25NO4S. The van der Waals surface area contributed by atoms with Crippen LogP contribution in [0.15, 0.2) is 0 Å². The molecular weight excluding hydrogens is 266 g/mol. The van der Waals surface area contributed by atoms with Crippen molar-refractivity contribution in [1.29, 1.82) is 0 Å². The number of aliphatic carboxylic acids is 1. The fourth-order valence-electron chi connectivity index (χ4n) is 1.50. The minimum Gasteiger partial charge on any atom is -0.481 e. The van der Waals surface area contributed by atoms with Crippen LogP contribution in [0.5, 0.6) is 0 Å². The molecule has 0 bridgehead atoms. The zero-order valence-corrected chi connectivity index (χ0v) is 13.2. The summed E-state index contributed by atoms with van der Waals surface area (Å²) in [5.74, 6) is -1.36. The predicted molar refractivity (Wildman–Crippen MR) is 76.4 cm³/mol. The number of carboxylic acid groups (broad SMARTS) is 1. The second-order valence-electron chi connectivity index (χ2n) is 5.50. The van der Waals surface area contributed by atoms with Crippen molar-refractivity contribution in [3.05, 3.63) is 0 Å². The standard InChI is InChI=1S/C13H25NO4S/c1-9(2)13(4,12(16)17)8-11(15)14-7-6-10(3)19(5)18/h9-10H,6-8H2,1-5H3,(H,14,15)(H,16,17). The molecule has 0 aliphatic carbocycles. The van der Waals surface area contributed by atoms with Crippen LogP contribution in [0.4, 0.5) is 0 Å². The summed E-state index contributed by atoms with van der Waals surface area (Å²) >= 11 is 0. The minimum atomic E-state index is -1.05. The third-order valence-electron chi connectivity index (χ3n) is 3.73. The molecule has 0 heterocycles. The molecule has 5 nitrogen and oxygen atoms in total. The number of carbonyl (C=O) groups excluding carboxylic acids is 1. The molecule has 0 saturated carbocycles. The largest absolute Gasteiger partial charge is 0.481 e. The van der Waals surface area contributed by atoms with Gasteiger partial charge in [0.2, 0.25) is 5.91 Å². The van der Waals surface area contributed by atoms with E-state index in [0.29, 0.717) is 13.0 Å². The maximum atomic E-state index is 11.8. The molecule has 3 unspecified atom stereocenters. The van der Waals surface area contributed by atoms with E-state index in [9.17, 15) is 18.9 Å². The summed E-state index contributed by atoms with van der Waals surface area (Å²) < 4.78 is 11.1. The van der Waals surface area contributed by atoms with Crippen LogP contribution < -0.4 is 5.32 Å². The summed E-state index contributed by atoms with van der Waals surface area (Å²) in [5.41, 5.74) is -1.05. The number of amides is 1. The summed E-state index contributed by atoms with van der Waals surface area (Å²) in [6.07, 6.45) is 2.22. The lowest BCUT2D eigenvalue weighted by molar-refractivity contribution is -0.153. The van der Waals surface area contributed by atoms with Crippen LogP contribution in [-0.4, -0.2) is 39.2 Å². The van der Waals surface area contributed by atoms with E-state index in [2.05, 4.69) is 5.32 Å². The Morgan fingerprint density at radius 2 is 1.84 bits per heavy atom. The Balaban J connectivity index is 4.31. The van der Waals surface area contributed by atoms with Crippen LogP contribution in [-0.2, 0) is 20.4 Å². The van der Waals surface area contributed by atoms with Gasteiger partial charge in [0.25, 0.3) is 0 Å². The van der Waals surface area contributed by atoms with E-state index < -0.39 is 22.2 Å². The highest BCUT2D eigenvalue weighted by molar-refractivity contribution is 7.84. The maximum absolute atomic E-state index is 11.8. The van der Waals surface area contributed by atoms with Gasteiger partial charge in [-0.25, -0.2) is 0 Å². The zero-order chi connectivity index (χ0) is 15.2.